The highest BCUT2D eigenvalue weighted by molar-refractivity contribution is 6.08. The Kier molecular flexibility index (Phi) is 8.54. The number of pyridine rings is 1. The minimum absolute atomic E-state index is 0.109. The summed E-state index contributed by atoms with van der Waals surface area (Å²) in [7, 11) is 3.58. The molecule has 8 heteroatoms. The molecule has 35 heavy (non-hydrogen) atoms. The van der Waals surface area contributed by atoms with Crippen LogP contribution in [-0.2, 0) is 6.54 Å². The van der Waals surface area contributed by atoms with Crippen LogP contribution in [0.4, 0.5) is 10.1 Å². The number of carbonyl (C=O) groups is 2. The number of unbranched alkanes of at least 4 members (excludes halogenated alkanes) is 2. The second kappa shape index (κ2) is 11.6. The van der Waals surface area contributed by atoms with Gasteiger partial charge in [0.2, 0.25) is 0 Å². The molecule has 0 unspecified atom stereocenters. The molecule has 0 atom stereocenters. The molecule has 0 aliphatic rings. The van der Waals surface area contributed by atoms with Crippen molar-refractivity contribution in [3.05, 3.63) is 80.9 Å². The van der Waals surface area contributed by atoms with E-state index in [9.17, 15) is 23.9 Å². The van der Waals surface area contributed by atoms with Crippen molar-refractivity contribution >= 4 is 34.4 Å². The largest absolute Gasteiger partial charge is 0.478 e. The minimum atomic E-state index is -1.03. The van der Waals surface area contributed by atoms with E-state index in [1.165, 1.54) is 30.3 Å². The number of carbonyl (C=O) groups excluding carboxylic acids is 1. The number of H-pyrrole nitrogens is 1. The first-order chi connectivity index (χ1) is 16.7. The van der Waals surface area contributed by atoms with Crippen molar-refractivity contribution in [1.82, 2.24) is 9.88 Å². The molecule has 0 saturated heterocycles. The number of anilines is 1. The second-order valence-electron chi connectivity index (χ2n) is 8.54. The molecule has 0 radical (unpaired) electrons. The van der Waals surface area contributed by atoms with E-state index in [-0.39, 0.29) is 11.1 Å². The fourth-order valence-corrected chi connectivity index (χ4v) is 3.96. The van der Waals surface area contributed by atoms with E-state index >= 15 is 0 Å². The highest BCUT2D eigenvalue weighted by Crippen LogP contribution is 2.23. The Morgan fingerprint density at radius 3 is 2.63 bits per heavy atom. The molecule has 3 rings (SSSR count). The van der Waals surface area contributed by atoms with Gasteiger partial charge in [0.05, 0.1) is 22.3 Å². The molecule has 3 aromatic rings. The SMILES string of the molecule is CCCCCN(C)Cc1cc(C(=O)O)ccc1C=CC(=O)c1cc2cc(F)cc(NC)c2[nH]c1=O. The second-order valence-corrected chi connectivity index (χ2v) is 8.54. The third-order valence-electron chi connectivity index (χ3n) is 5.84. The van der Waals surface area contributed by atoms with Crippen molar-refractivity contribution in [3.8, 4) is 0 Å². The molecule has 0 aliphatic heterocycles. The number of halogens is 1. The van der Waals surface area contributed by atoms with Crippen molar-refractivity contribution in [3.63, 3.8) is 0 Å². The number of hydrogen-bond donors (Lipinski definition) is 3. The summed E-state index contributed by atoms with van der Waals surface area (Å²) in [4.78, 5) is 41.7. The van der Waals surface area contributed by atoms with Gasteiger partial charge in [0.1, 0.15) is 5.82 Å². The van der Waals surface area contributed by atoms with Gasteiger partial charge in [-0.3, -0.25) is 9.59 Å². The number of aromatic amines is 1. The summed E-state index contributed by atoms with van der Waals surface area (Å²) in [5.74, 6) is -2.05. The lowest BCUT2D eigenvalue weighted by atomic mass is 10.0. The molecule has 1 heterocycles. The number of carboxylic acid groups (broad SMARTS) is 1. The Balaban J connectivity index is 1.91. The highest BCUT2D eigenvalue weighted by Gasteiger charge is 2.14. The molecule has 0 fully saturated rings. The molecule has 0 amide bonds. The van der Waals surface area contributed by atoms with Crippen LogP contribution in [0.25, 0.3) is 17.0 Å². The van der Waals surface area contributed by atoms with Crippen LogP contribution in [0.5, 0.6) is 0 Å². The number of ketones is 1. The quantitative estimate of drug-likeness (QED) is 0.205. The number of nitrogens with zero attached hydrogens (tertiary/aromatic N) is 1. The summed E-state index contributed by atoms with van der Waals surface area (Å²) < 4.78 is 13.9. The number of hydrogen-bond acceptors (Lipinski definition) is 5. The fourth-order valence-electron chi connectivity index (χ4n) is 3.96. The summed E-state index contributed by atoms with van der Waals surface area (Å²) >= 11 is 0. The van der Waals surface area contributed by atoms with Crippen LogP contribution in [0, 0.1) is 5.82 Å². The van der Waals surface area contributed by atoms with Crippen LogP contribution in [0.1, 0.15) is 58.0 Å². The first-order valence-corrected chi connectivity index (χ1v) is 11.5. The lowest BCUT2D eigenvalue weighted by Gasteiger charge is -2.18. The normalized spacial score (nSPS) is 11.5. The van der Waals surface area contributed by atoms with E-state index in [0.717, 1.165) is 31.4 Å². The highest BCUT2D eigenvalue weighted by atomic mass is 19.1. The maximum atomic E-state index is 13.9. The predicted octanol–water partition coefficient (Wildman–Crippen LogP) is 4.93. The van der Waals surface area contributed by atoms with Crippen molar-refractivity contribution in [1.29, 1.82) is 0 Å². The van der Waals surface area contributed by atoms with E-state index in [1.807, 2.05) is 7.05 Å². The smallest absolute Gasteiger partial charge is 0.335 e. The van der Waals surface area contributed by atoms with Gasteiger partial charge < -0.3 is 20.3 Å². The van der Waals surface area contributed by atoms with E-state index in [1.54, 1.807) is 25.3 Å². The third-order valence-corrected chi connectivity index (χ3v) is 5.84. The molecular weight excluding hydrogens is 449 g/mol. The van der Waals surface area contributed by atoms with Crippen molar-refractivity contribution in [2.75, 3.05) is 26.0 Å². The van der Waals surface area contributed by atoms with Crippen LogP contribution < -0.4 is 10.9 Å². The number of allylic oxidation sites excluding steroid dienone is 1. The van der Waals surface area contributed by atoms with Crippen molar-refractivity contribution < 1.29 is 19.1 Å². The third kappa shape index (κ3) is 6.42. The summed E-state index contributed by atoms with van der Waals surface area (Å²) in [6.45, 7) is 3.51. The van der Waals surface area contributed by atoms with Crippen LogP contribution >= 0.6 is 0 Å². The molecule has 0 saturated carbocycles. The molecule has 0 bridgehead atoms. The molecule has 0 spiro atoms. The molecule has 1 aromatic heterocycles. The maximum absolute atomic E-state index is 13.9. The average molecular weight is 480 g/mol. The van der Waals surface area contributed by atoms with E-state index in [4.69, 9.17) is 0 Å². The number of rotatable bonds is 11. The Labute approximate surface area is 203 Å². The number of benzene rings is 2. The Bertz CT molecular complexity index is 1330. The Hall–Kier alpha value is -3.78. The lowest BCUT2D eigenvalue weighted by Crippen LogP contribution is -2.20. The van der Waals surface area contributed by atoms with Crippen LogP contribution in [0.2, 0.25) is 0 Å². The van der Waals surface area contributed by atoms with Gasteiger partial charge in [-0.05, 0) is 67.5 Å². The average Bonchev–Trinajstić information content (AvgIpc) is 2.82. The first-order valence-electron chi connectivity index (χ1n) is 11.5. The van der Waals surface area contributed by atoms with Gasteiger partial charge in [-0.2, -0.15) is 0 Å². The van der Waals surface area contributed by atoms with Crippen LogP contribution in [-0.4, -0.2) is 47.4 Å². The summed E-state index contributed by atoms with van der Waals surface area (Å²) in [6, 6.07) is 8.64. The molecule has 0 aliphatic carbocycles. The van der Waals surface area contributed by atoms with E-state index < -0.39 is 23.1 Å². The van der Waals surface area contributed by atoms with E-state index in [0.29, 0.717) is 28.7 Å². The number of carboxylic acids is 1. The maximum Gasteiger partial charge on any atom is 0.335 e. The molecule has 7 nitrogen and oxygen atoms in total. The van der Waals surface area contributed by atoms with Crippen molar-refractivity contribution in [2.45, 2.75) is 32.7 Å². The predicted molar refractivity (Wildman–Crippen MR) is 137 cm³/mol. The van der Waals surface area contributed by atoms with Gasteiger partial charge in [0.25, 0.3) is 5.56 Å². The van der Waals surface area contributed by atoms with Gasteiger partial charge >= 0.3 is 5.97 Å². The Morgan fingerprint density at radius 2 is 1.94 bits per heavy atom. The molecule has 3 N–H and O–H groups in total. The van der Waals surface area contributed by atoms with Gasteiger partial charge in [-0.25, -0.2) is 9.18 Å². The van der Waals surface area contributed by atoms with Crippen molar-refractivity contribution in [2.24, 2.45) is 0 Å². The molecule has 2 aromatic carbocycles. The van der Waals surface area contributed by atoms with Gasteiger partial charge in [-0.1, -0.05) is 31.9 Å². The topological polar surface area (TPSA) is 102 Å². The zero-order chi connectivity index (χ0) is 25.5. The zero-order valence-electron chi connectivity index (χ0n) is 20.2. The number of aromatic nitrogens is 1. The number of aromatic carboxylic acids is 1. The first kappa shape index (κ1) is 25.8. The van der Waals surface area contributed by atoms with Crippen LogP contribution in [0.15, 0.2) is 47.3 Å². The lowest BCUT2D eigenvalue weighted by molar-refractivity contribution is 0.0696. The van der Waals surface area contributed by atoms with E-state index in [2.05, 4.69) is 22.1 Å². The monoisotopic (exact) mass is 479 g/mol. The standard InChI is InChI=1S/C27H30FN3O4/c1-4-5-6-11-31(3)16-20-12-18(27(34)35)8-7-17(20)9-10-24(32)22-14-19-13-21(28)15-23(29-2)25(19)30-26(22)33/h7-10,12-15,29H,4-6,11,16H2,1-3H3,(H,30,33)(H,34,35). The van der Waals surface area contributed by atoms with Gasteiger partial charge in [0, 0.05) is 19.0 Å². The minimum Gasteiger partial charge on any atom is -0.478 e. The Morgan fingerprint density at radius 1 is 1.17 bits per heavy atom. The fraction of sp³-hybridized carbons (Fsp3) is 0.296. The molecular formula is C27H30FN3O4. The van der Waals surface area contributed by atoms with Crippen LogP contribution in [0.3, 0.4) is 0 Å². The number of fused-ring (bicyclic) bond motifs is 1. The summed E-state index contributed by atoms with van der Waals surface area (Å²) in [5, 5.41) is 12.6. The summed E-state index contributed by atoms with van der Waals surface area (Å²) in [6.07, 6.45) is 6.12. The molecule has 184 valence electrons. The number of nitrogens with one attached hydrogen (secondary N) is 2. The van der Waals surface area contributed by atoms with Gasteiger partial charge in [0.15, 0.2) is 5.78 Å². The summed E-state index contributed by atoms with van der Waals surface area (Å²) in [5.41, 5.74) is 1.76. The zero-order valence-corrected chi connectivity index (χ0v) is 20.2. The van der Waals surface area contributed by atoms with Gasteiger partial charge in [-0.15, -0.1) is 0 Å².